The van der Waals surface area contributed by atoms with Crippen LogP contribution in [0.5, 0.6) is 0 Å². The van der Waals surface area contributed by atoms with Crippen LogP contribution in [0.2, 0.25) is 5.02 Å². The number of sulfonamides is 1. The Kier molecular flexibility index (Phi) is 6.15. The van der Waals surface area contributed by atoms with Gasteiger partial charge in [-0.05, 0) is 17.7 Å². The SMILES string of the molecule is COCCNC(=O)c1cc2n(n1)C[C@@H](NS(=O)(=O)Cc1ccccc1Cl)C2. The van der Waals surface area contributed by atoms with Gasteiger partial charge in [-0.15, -0.1) is 0 Å². The zero-order valence-electron chi connectivity index (χ0n) is 14.8. The Morgan fingerprint density at radius 3 is 2.89 bits per heavy atom. The molecule has 0 saturated heterocycles. The number of nitrogens with one attached hydrogen (secondary N) is 2. The zero-order chi connectivity index (χ0) is 19.4. The van der Waals surface area contributed by atoms with E-state index in [9.17, 15) is 13.2 Å². The molecule has 0 aliphatic carbocycles. The summed E-state index contributed by atoms with van der Waals surface area (Å²) in [6, 6.07) is 8.24. The maximum Gasteiger partial charge on any atom is 0.271 e. The predicted octanol–water partition coefficient (Wildman–Crippen LogP) is 0.957. The fourth-order valence-electron chi connectivity index (χ4n) is 2.97. The second-order valence-electron chi connectivity index (χ2n) is 6.32. The zero-order valence-corrected chi connectivity index (χ0v) is 16.4. The summed E-state index contributed by atoms with van der Waals surface area (Å²) in [6.07, 6.45) is 0.472. The summed E-state index contributed by atoms with van der Waals surface area (Å²) >= 11 is 6.04. The highest BCUT2D eigenvalue weighted by atomic mass is 35.5. The molecule has 27 heavy (non-hydrogen) atoms. The molecule has 0 bridgehead atoms. The van der Waals surface area contributed by atoms with E-state index in [1.807, 2.05) is 0 Å². The van der Waals surface area contributed by atoms with Gasteiger partial charge in [-0.3, -0.25) is 9.48 Å². The Morgan fingerprint density at radius 2 is 2.19 bits per heavy atom. The molecule has 0 radical (unpaired) electrons. The smallest absolute Gasteiger partial charge is 0.271 e. The van der Waals surface area contributed by atoms with Crippen LogP contribution in [-0.4, -0.2) is 50.4 Å². The van der Waals surface area contributed by atoms with Crippen molar-refractivity contribution >= 4 is 27.5 Å². The van der Waals surface area contributed by atoms with E-state index < -0.39 is 10.0 Å². The third-order valence-electron chi connectivity index (χ3n) is 4.19. The first-order valence-electron chi connectivity index (χ1n) is 8.45. The minimum Gasteiger partial charge on any atom is -0.383 e. The topological polar surface area (TPSA) is 102 Å². The lowest BCUT2D eigenvalue weighted by Gasteiger charge is -2.13. The van der Waals surface area contributed by atoms with Gasteiger partial charge in [0.05, 0.1) is 18.9 Å². The molecule has 1 aromatic carbocycles. The highest BCUT2D eigenvalue weighted by Crippen LogP contribution is 2.20. The van der Waals surface area contributed by atoms with Crippen LogP contribution >= 0.6 is 11.6 Å². The first kappa shape index (κ1) is 19.8. The second kappa shape index (κ2) is 8.39. The molecule has 1 aliphatic heterocycles. The van der Waals surface area contributed by atoms with E-state index in [4.69, 9.17) is 16.3 Å². The Balaban J connectivity index is 1.58. The van der Waals surface area contributed by atoms with Crippen LogP contribution in [0.15, 0.2) is 30.3 Å². The minimum atomic E-state index is -3.55. The molecule has 3 rings (SSSR count). The Hall–Kier alpha value is -1.94. The molecule has 0 unspecified atom stereocenters. The summed E-state index contributed by atoms with van der Waals surface area (Å²) in [5.74, 6) is -0.455. The summed E-state index contributed by atoms with van der Waals surface area (Å²) < 4.78 is 34.1. The van der Waals surface area contributed by atoms with Crippen LogP contribution < -0.4 is 10.0 Å². The molecular weight excluding hydrogens is 392 g/mol. The van der Waals surface area contributed by atoms with E-state index in [-0.39, 0.29) is 17.7 Å². The van der Waals surface area contributed by atoms with Gasteiger partial charge < -0.3 is 10.1 Å². The second-order valence-corrected chi connectivity index (χ2v) is 8.48. The van der Waals surface area contributed by atoms with Gasteiger partial charge in [-0.1, -0.05) is 29.8 Å². The molecule has 2 heterocycles. The van der Waals surface area contributed by atoms with Gasteiger partial charge in [0.1, 0.15) is 5.69 Å². The van der Waals surface area contributed by atoms with Crippen molar-refractivity contribution in [2.75, 3.05) is 20.3 Å². The summed E-state index contributed by atoms with van der Waals surface area (Å²) in [4.78, 5) is 12.0. The lowest BCUT2D eigenvalue weighted by Crippen LogP contribution is -2.37. The van der Waals surface area contributed by atoms with Crippen molar-refractivity contribution in [3.05, 3.63) is 52.3 Å². The van der Waals surface area contributed by atoms with Gasteiger partial charge in [0.25, 0.3) is 5.91 Å². The minimum absolute atomic E-state index is 0.182. The molecule has 1 atom stereocenters. The molecule has 2 aromatic rings. The van der Waals surface area contributed by atoms with E-state index in [2.05, 4.69) is 15.1 Å². The fraction of sp³-hybridized carbons (Fsp3) is 0.412. The molecule has 1 aromatic heterocycles. The van der Waals surface area contributed by atoms with E-state index in [0.29, 0.717) is 42.4 Å². The standard InChI is InChI=1S/C17H21ClN4O4S/c1-26-7-6-19-17(23)16-9-14-8-13(10-22(14)20-16)21-27(24,25)11-12-4-2-3-5-15(12)18/h2-5,9,13,21H,6-8,10-11H2,1H3,(H,19,23)/t13-/m0/s1. The van der Waals surface area contributed by atoms with Gasteiger partial charge in [0.15, 0.2) is 0 Å². The highest BCUT2D eigenvalue weighted by Gasteiger charge is 2.28. The number of ether oxygens (including phenoxy) is 1. The number of nitrogens with zero attached hydrogens (tertiary/aromatic N) is 2. The molecule has 0 saturated carbocycles. The number of hydrogen-bond donors (Lipinski definition) is 2. The monoisotopic (exact) mass is 412 g/mol. The molecule has 8 nitrogen and oxygen atoms in total. The maximum atomic E-state index is 12.4. The number of carbonyl (C=O) groups excluding carboxylic acids is 1. The molecule has 10 heteroatoms. The van der Waals surface area contributed by atoms with Crippen molar-refractivity contribution in [2.24, 2.45) is 0 Å². The third kappa shape index (κ3) is 5.07. The van der Waals surface area contributed by atoms with Crippen LogP contribution in [0, 0.1) is 0 Å². The lowest BCUT2D eigenvalue weighted by molar-refractivity contribution is 0.0931. The number of rotatable bonds is 8. The maximum absolute atomic E-state index is 12.4. The van der Waals surface area contributed by atoms with Gasteiger partial charge >= 0.3 is 0 Å². The van der Waals surface area contributed by atoms with Crippen molar-refractivity contribution in [3.8, 4) is 0 Å². The number of fused-ring (bicyclic) bond motifs is 1. The van der Waals surface area contributed by atoms with Crippen molar-refractivity contribution in [2.45, 2.75) is 24.8 Å². The predicted molar refractivity (Wildman–Crippen MR) is 101 cm³/mol. The van der Waals surface area contributed by atoms with Crippen molar-refractivity contribution in [1.82, 2.24) is 19.8 Å². The molecule has 146 valence electrons. The molecule has 0 fully saturated rings. The van der Waals surface area contributed by atoms with Crippen LogP contribution in [0.1, 0.15) is 21.7 Å². The van der Waals surface area contributed by atoms with E-state index in [0.717, 1.165) is 5.69 Å². The first-order chi connectivity index (χ1) is 12.9. The van der Waals surface area contributed by atoms with Crippen LogP contribution in [0.3, 0.4) is 0 Å². The molecular formula is C17H21ClN4O4S. The molecule has 2 N–H and O–H groups in total. The van der Waals surface area contributed by atoms with Crippen molar-refractivity contribution in [3.63, 3.8) is 0 Å². The average Bonchev–Trinajstić information content (AvgIpc) is 3.15. The number of carbonyl (C=O) groups is 1. The lowest BCUT2D eigenvalue weighted by atomic mass is 10.2. The molecule has 1 amide bonds. The highest BCUT2D eigenvalue weighted by molar-refractivity contribution is 7.88. The summed E-state index contributed by atoms with van der Waals surface area (Å²) in [5, 5.41) is 7.39. The Labute approximate surface area is 162 Å². The van der Waals surface area contributed by atoms with Gasteiger partial charge in [-0.2, -0.15) is 5.10 Å². The van der Waals surface area contributed by atoms with Crippen LogP contribution in [0.4, 0.5) is 0 Å². The Morgan fingerprint density at radius 1 is 1.41 bits per heavy atom. The largest absolute Gasteiger partial charge is 0.383 e. The first-order valence-corrected chi connectivity index (χ1v) is 10.5. The average molecular weight is 413 g/mol. The number of halogens is 1. The van der Waals surface area contributed by atoms with Crippen molar-refractivity contribution in [1.29, 1.82) is 0 Å². The quantitative estimate of drug-likeness (QED) is 0.628. The van der Waals surface area contributed by atoms with Gasteiger partial charge in [0.2, 0.25) is 10.0 Å². The van der Waals surface area contributed by atoms with Gasteiger partial charge in [0, 0.05) is 36.8 Å². The number of amides is 1. The van der Waals surface area contributed by atoms with E-state index in [1.165, 1.54) is 0 Å². The third-order valence-corrected chi connectivity index (χ3v) is 5.94. The number of hydrogen-bond acceptors (Lipinski definition) is 5. The summed E-state index contributed by atoms with van der Waals surface area (Å²) in [5.41, 5.74) is 1.69. The summed E-state index contributed by atoms with van der Waals surface area (Å²) in [7, 11) is -1.99. The Bertz CT molecular complexity index is 905. The van der Waals surface area contributed by atoms with Crippen molar-refractivity contribution < 1.29 is 17.9 Å². The van der Waals surface area contributed by atoms with Gasteiger partial charge in [-0.25, -0.2) is 13.1 Å². The number of methoxy groups -OCH3 is 1. The van der Waals surface area contributed by atoms with Crippen LogP contribution in [-0.2, 0) is 33.5 Å². The molecule has 1 aliphatic rings. The summed E-state index contributed by atoms with van der Waals surface area (Å²) in [6.45, 7) is 1.21. The number of aromatic nitrogens is 2. The normalized spacial score (nSPS) is 16.3. The fourth-order valence-corrected chi connectivity index (χ4v) is 4.66. The van der Waals surface area contributed by atoms with E-state index in [1.54, 1.807) is 42.1 Å². The van der Waals surface area contributed by atoms with Crippen LogP contribution in [0.25, 0.3) is 0 Å². The molecule has 0 spiro atoms. The number of benzene rings is 1. The van der Waals surface area contributed by atoms with E-state index >= 15 is 0 Å².